The molecule has 25 heavy (non-hydrogen) atoms. The second kappa shape index (κ2) is 6.09. The third kappa shape index (κ3) is 2.89. The van der Waals surface area contributed by atoms with Crippen LogP contribution in [0.5, 0.6) is 0 Å². The lowest BCUT2D eigenvalue weighted by Crippen LogP contribution is -1.90. The maximum absolute atomic E-state index is 4.85. The lowest BCUT2D eigenvalue weighted by molar-refractivity contribution is 0.795. The van der Waals surface area contributed by atoms with Gasteiger partial charge in [0.25, 0.3) is 0 Å². The monoisotopic (exact) mass is 329 g/mol. The van der Waals surface area contributed by atoms with Gasteiger partial charge in [-0.05, 0) is 31.2 Å². The average molecular weight is 329 g/mol. The molecule has 0 amide bonds. The lowest BCUT2D eigenvalue weighted by atomic mass is 10.1. The second-order valence-electron chi connectivity index (χ2n) is 6.42. The summed E-state index contributed by atoms with van der Waals surface area (Å²) in [5.74, 6) is 1.25. The number of fused-ring (bicyclic) bond motifs is 1. The molecule has 0 aliphatic heterocycles. The molecule has 3 heterocycles. The Hall–Kier alpha value is -3.08. The summed E-state index contributed by atoms with van der Waals surface area (Å²) < 4.78 is 0. The van der Waals surface area contributed by atoms with E-state index in [1.807, 2.05) is 43.3 Å². The number of imidazole rings is 1. The Morgan fingerprint density at radius 3 is 2.48 bits per heavy atom. The minimum Gasteiger partial charge on any atom is -0.340 e. The van der Waals surface area contributed by atoms with E-state index in [0.29, 0.717) is 5.92 Å². The number of hydrogen-bond acceptors (Lipinski definition) is 4. The molecule has 1 aromatic carbocycles. The van der Waals surface area contributed by atoms with E-state index in [1.165, 1.54) is 0 Å². The van der Waals surface area contributed by atoms with Crippen molar-refractivity contribution in [3.05, 3.63) is 60.3 Å². The molecule has 0 saturated carbocycles. The summed E-state index contributed by atoms with van der Waals surface area (Å²) in [6.07, 6.45) is 3.41. The maximum Gasteiger partial charge on any atom is 0.109 e. The highest BCUT2D eigenvalue weighted by molar-refractivity contribution is 5.84. The molecule has 0 aliphatic rings. The van der Waals surface area contributed by atoms with Gasteiger partial charge in [-0.2, -0.15) is 0 Å². The number of nitrogens with one attached hydrogen (secondary N) is 1. The van der Waals surface area contributed by atoms with E-state index in [0.717, 1.165) is 45.2 Å². The molecule has 0 fully saturated rings. The molecule has 0 aliphatic carbocycles. The topological polar surface area (TPSA) is 67.3 Å². The summed E-state index contributed by atoms with van der Waals surface area (Å²) in [5.41, 5.74) is 6.46. The first-order valence-corrected chi connectivity index (χ1v) is 8.37. The van der Waals surface area contributed by atoms with Crippen molar-refractivity contribution < 1.29 is 0 Å². The molecule has 5 heteroatoms. The zero-order chi connectivity index (χ0) is 17.4. The van der Waals surface area contributed by atoms with Gasteiger partial charge in [-0.25, -0.2) is 4.98 Å². The van der Waals surface area contributed by atoms with E-state index in [-0.39, 0.29) is 0 Å². The van der Waals surface area contributed by atoms with Gasteiger partial charge < -0.3 is 4.98 Å². The molecular formula is C20H19N5. The largest absolute Gasteiger partial charge is 0.340 e. The molecule has 0 atom stereocenters. The Kier molecular flexibility index (Phi) is 3.76. The third-order valence-corrected chi connectivity index (χ3v) is 4.16. The molecule has 0 spiro atoms. The van der Waals surface area contributed by atoms with E-state index in [1.54, 1.807) is 12.4 Å². The van der Waals surface area contributed by atoms with Gasteiger partial charge in [0.05, 0.1) is 28.1 Å². The van der Waals surface area contributed by atoms with Crippen molar-refractivity contribution in [3.63, 3.8) is 0 Å². The van der Waals surface area contributed by atoms with Gasteiger partial charge >= 0.3 is 0 Å². The molecular weight excluding hydrogens is 310 g/mol. The Morgan fingerprint density at radius 2 is 1.72 bits per heavy atom. The van der Waals surface area contributed by atoms with Crippen molar-refractivity contribution in [2.75, 3.05) is 0 Å². The summed E-state index contributed by atoms with van der Waals surface area (Å²) in [4.78, 5) is 21.7. The first-order chi connectivity index (χ1) is 12.1. The van der Waals surface area contributed by atoms with Crippen LogP contribution in [0.2, 0.25) is 0 Å². The predicted octanol–water partition coefficient (Wildman–Crippen LogP) is 4.51. The first kappa shape index (κ1) is 15.4. The number of pyridine rings is 1. The molecule has 0 bridgehead atoms. The van der Waals surface area contributed by atoms with Crippen molar-refractivity contribution in [3.8, 4) is 22.6 Å². The minimum absolute atomic E-state index is 0.303. The number of H-pyrrole nitrogens is 1. The van der Waals surface area contributed by atoms with Crippen molar-refractivity contribution >= 4 is 11.0 Å². The summed E-state index contributed by atoms with van der Waals surface area (Å²) in [6, 6.07) is 12.1. The number of hydrogen-bond donors (Lipinski definition) is 1. The van der Waals surface area contributed by atoms with Gasteiger partial charge in [-0.15, -0.1) is 0 Å². The zero-order valence-electron chi connectivity index (χ0n) is 14.5. The Morgan fingerprint density at radius 1 is 0.920 bits per heavy atom. The van der Waals surface area contributed by atoms with Crippen molar-refractivity contribution in [1.29, 1.82) is 0 Å². The predicted molar refractivity (Wildman–Crippen MR) is 99.2 cm³/mol. The summed E-state index contributed by atoms with van der Waals surface area (Å²) in [6.45, 7) is 6.25. The number of rotatable bonds is 3. The zero-order valence-corrected chi connectivity index (χ0v) is 14.5. The Bertz CT molecular complexity index is 1050. The van der Waals surface area contributed by atoms with Crippen LogP contribution in [0.3, 0.4) is 0 Å². The Labute approximate surface area is 146 Å². The SMILES string of the molecule is Cc1cccc(-c2[nH]c(C(C)C)nc2-c2ccc3nccnc3c2)n1. The standard InChI is InChI=1S/C20H19N5/c1-12(2)20-24-18(19(25-20)16-6-4-5-13(3)23-16)14-7-8-15-17(11-14)22-10-9-21-15/h4-12H,1-3H3,(H,24,25). The van der Waals surface area contributed by atoms with Crippen LogP contribution in [0.4, 0.5) is 0 Å². The number of aromatic amines is 1. The number of aromatic nitrogens is 5. The molecule has 5 nitrogen and oxygen atoms in total. The number of aryl methyl sites for hydroxylation is 1. The second-order valence-corrected chi connectivity index (χ2v) is 6.42. The molecule has 3 aromatic heterocycles. The summed E-state index contributed by atoms with van der Waals surface area (Å²) in [7, 11) is 0. The highest BCUT2D eigenvalue weighted by Crippen LogP contribution is 2.32. The van der Waals surface area contributed by atoms with Crippen LogP contribution >= 0.6 is 0 Å². The summed E-state index contributed by atoms with van der Waals surface area (Å²) >= 11 is 0. The highest BCUT2D eigenvalue weighted by atomic mass is 15.0. The molecule has 0 unspecified atom stereocenters. The van der Waals surface area contributed by atoms with E-state index in [9.17, 15) is 0 Å². The van der Waals surface area contributed by atoms with Gasteiger partial charge in [0.1, 0.15) is 5.82 Å². The number of nitrogens with zero attached hydrogens (tertiary/aromatic N) is 4. The van der Waals surface area contributed by atoms with Gasteiger partial charge in [0.2, 0.25) is 0 Å². The molecule has 124 valence electrons. The van der Waals surface area contributed by atoms with Crippen LogP contribution in [-0.4, -0.2) is 24.9 Å². The average Bonchev–Trinajstić information content (AvgIpc) is 3.07. The Balaban J connectivity index is 1.92. The van der Waals surface area contributed by atoms with Gasteiger partial charge in [0, 0.05) is 29.6 Å². The fourth-order valence-corrected chi connectivity index (χ4v) is 2.85. The van der Waals surface area contributed by atoms with Crippen LogP contribution in [-0.2, 0) is 0 Å². The molecule has 0 saturated heterocycles. The van der Waals surface area contributed by atoms with Gasteiger partial charge in [-0.1, -0.05) is 26.0 Å². The smallest absolute Gasteiger partial charge is 0.109 e. The van der Waals surface area contributed by atoms with E-state index >= 15 is 0 Å². The third-order valence-electron chi connectivity index (χ3n) is 4.16. The van der Waals surface area contributed by atoms with Crippen molar-refractivity contribution in [1.82, 2.24) is 24.9 Å². The fourth-order valence-electron chi connectivity index (χ4n) is 2.85. The van der Waals surface area contributed by atoms with Crippen LogP contribution in [0.25, 0.3) is 33.7 Å². The molecule has 0 radical (unpaired) electrons. The fraction of sp³-hybridized carbons (Fsp3) is 0.200. The first-order valence-electron chi connectivity index (χ1n) is 8.37. The summed E-state index contributed by atoms with van der Waals surface area (Å²) in [5, 5.41) is 0. The normalized spacial score (nSPS) is 11.4. The van der Waals surface area contributed by atoms with Crippen LogP contribution in [0.1, 0.15) is 31.3 Å². The van der Waals surface area contributed by atoms with Crippen LogP contribution in [0.15, 0.2) is 48.8 Å². The number of benzene rings is 1. The van der Waals surface area contributed by atoms with Crippen LogP contribution in [0, 0.1) is 6.92 Å². The van der Waals surface area contributed by atoms with Crippen molar-refractivity contribution in [2.45, 2.75) is 26.7 Å². The minimum atomic E-state index is 0.303. The van der Waals surface area contributed by atoms with E-state index < -0.39 is 0 Å². The van der Waals surface area contributed by atoms with E-state index in [2.05, 4.69) is 33.8 Å². The van der Waals surface area contributed by atoms with Crippen molar-refractivity contribution in [2.24, 2.45) is 0 Å². The van der Waals surface area contributed by atoms with Crippen LogP contribution < -0.4 is 0 Å². The molecule has 4 aromatic rings. The van der Waals surface area contributed by atoms with Gasteiger partial charge in [-0.3, -0.25) is 15.0 Å². The lowest BCUT2D eigenvalue weighted by Gasteiger charge is -2.04. The molecule has 4 rings (SSSR count). The molecule has 1 N–H and O–H groups in total. The quantitative estimate of drug-likeness (QED) is 0.600. The highest BCUT2D eigenvalue weighted by Gasteiger charge is 2.17. The maximum atomic E-state index is 4.85. The van der Waals surface area contributed by atoms with Gasteiger partial charge in [0.15, 0.2) is 0 Å². The van der Waals surface area contributed by atoms with E-state index in [4.69, 9.17) is 4.98 Å².